The summed E-state index contributed by atoms with van der Waals surface area (Å²) in [5.74, 6) is 0.244. The van der Waals surface area contributed by atoms with E-state index in [-0.39, 0.29) is 23.7 Å². The lowest BCUT2D eigenvalue weighted by molar-refractivity contribution is -0.126. The lowest BCUT2D eigenvalue weighted by Gasteiger charge is -2.24. The second-order valence-electron chi connectivity index (χ2n) is 5.80. The Balaban J connectivity index is 1.67. The summed E-state index contributed by atoms with van der Waals surface area (Å²) in [6.07, 6.45) is 5.95. The highest BCUT2D eigenvalue weighted by atomic mass is 16.2. The Morgan fingerprint density at radius 2 is 1.75 bits per heavy atom. The molecule has 2 atom stereocenters. The van der Waals surface area contributed by atoms with Crippen molar-refractivity contribution in [3.63, 3.8) is 0 Å². The van der Waals surface area contributed by atoms with Gasteiger partial charge in [0.05, 0.1) is 11.8 Å². The van der Waals surface area contributed by atoms with E-state index in [0.29, 0.717) is 13.1 Å². The van der Waals surface area contributed by atoms with E-state index < -0.39 is 0 Å². The zero-order valence-electron chi connectivity index (χ0n) is 11.1. The molecule has 1 aromatic rings. The molecule has 6 heteroatoms. The summed E-state index contributed by atoms with van der Waals surface area (Å²) in [6.45, 7) is 1.18. The first-order valence-electron chi connectivity index (χ1n) is 7.16. The summed E-state index contributed by atoms with van der Waals surface area (Å²) < 4.78 is 0. The van der Waals surface area contributed by atoms with Crippen molar-refractivity contribution in [1.29, 1.82) is 0 Å². The highest BCUT2D eigenvalue weighted by Crippen LogP contribution is 2.34. The standard InChI is InChI=1S/C14H16N4O2/c19-13-9-5-18(6-10(9)14(20)17-13)12-8-3-1-2-4-11(8)15-7-16-12/h7,9-10H,1-6H2,(H,17,19,20). The Labute approximate surface area is 116 Å². The lowest BCUT2D eigenvalue weighted by Crippen LogP contribution is -2.32. The number of fused-ring (bicyclic) bond motifs is 2. The van der Waals surface area contributed by atoms with Crippen LogP contribution < -0.4 is 10.2 Å². The Kier molecular flexibility index (Phi) is 2.52. The molecule has 20 heavy (non-hydrogen) atoms. The fourth-order valence-corrected chi connectivity index (χ4v) is 3.59. The van der Waals surface area contributed by atoms with E-state index in [2.05, 4.69) is 20.2 Å². The fraction of sp³-hybridized carbons (Fsp3) is 0.571. The minimum atomic E-state index is -0.211. The lowest BCUT2D eigenvalue weighted by atomic mass is 9.96. The van der Waals surface area contributed by atoms with E-state index in [4.69, 9.17) is 0 Å². The van der Waals surface area contributed by atoms with Gasteiger partial charge in [0.2, 0.25) is 11.8 Å². The minimum absolute atomic E-state index is 0.134. The van der Waals surface area contributed by atoms with Crippen LogP contribution >= 0.6 is 0 Å². The first kappa shape index (κ1) is 11.8. The summed E-state index contributed by atoms with van der Waals surface area (Å²) in [6, 6.07) is 0. The van der Waals surface area contributed by atoms with Gasteiger partial charge in [0.1, 0.15) is 12.1 Å². The molecule has 1 aromatic heterocycles. The number of nitrogens with one attached hydrogen (secondary N) is 1. The molecule has 6 nitrogen and oxygen atoms in total. The minimum Gasteiger partial charge on any atom is -0.355 e. The third kappa shape index (κ3) is 1.63. The molecule has 4 rings (SSSR count). The number of carbonyl (C=O) groups excluding carboxylic acids is 2. The van der Waals surface area contributed by atoms with Gasteiger partial charge in [0, 0.05) is 24.3 Å². The SMILES string of the molecule is O=C1NC(=O)C2CN(c3ncnc4c3CCCC4)CC12. The monoisotopic (exact) mass is 272 g/mol. The van der Waals surface area contributed by atoms with Gasteiger partial charge in [-0.1, -0.05) is 0 Å². The van der Waals surface area contributed by atoms with E-state index in [0.717, 1.165) is 30.8 Å². The van der Waals surface area contributed by atoms with Gasteiger partial charge in [0.15, 0.2) is 0 Å². The topological polar surface area (TPSA) is 75.2 Å². The molecule has 3 heterocycles. The number of hydrogen-bond donors (Lipinski definition) is 1. The molecule has 0 bridgehead atoms. The van der Waals surface area contributed by atoms with Crippen molar-refractivity contribution in [3.05, 3.63) is 17.6 Å². The average Bonchev–Trinajstić information content (AvgIpc) is 3.01. The molecule has 2 aliphatic heterocycles. The maximum atomic E-state index is 11.7. The zero-order valence-corrected chi connectivity index (χ0v) is 11.1. The van der Waals surface area contributed by atoms with Crippen LogP contribution in [0.2, 0.25) is 0 Å². The van der Waals surface area contributed by atoms with Crippen molar-refractivity contribution < 1.29 is 9.59 Å². The second kappa shape index (κ2) is 4.26. The predicted octanol–water partition coefficient (Wildman–Crippen LogP) is 0.0642. The summed E-state index contributed by atoms with van der Waals surface area (Å²) >= 11 is 0. The van der Waals surface area contributed by atoms with Crippen LogP contribution in [0.15, 0.2) is 6.33 Å². The quantitative estimate of drug-likeness (QED) is 0.732. The van der Waals surface area contributed by atoms with Gasteiger partial charge in [-0.2, -0.15) is 0 Å². The molecule has 3 aliphatic rings. The van der Waals surface area contributed by atoms with Crippen molar-refractivity contribution in [2.45, 2.75) is 25.7 Å². The molecular weight excluding hydrogens is 256 g/mol. The number of anilines is 1. The van der Waals surface area contributed by atoms with E-state index >= 15 is 0 Å². The number of amides is 2. The van der Waals surface area contributed by atoms with Crippen molar-refractivity contribution in [2.24, 2.45) is 11.8 Å². The molecule has 1 aliphatic carbocycles. The third-order valence-electron chi connectivity index (χ3n) is 4.64. The summed E-state index contributed by atoms with van der Waals surface area (Å²) in [5.41, 5.74) is 2.35. The maximum absolute atomic E-state index is 11.7. The van der Waals surface area contributed by atoms with Gasteiger partial charge in [-0.3, -0.25) is 14.9 Å². The molecule has 2 fully saturated rings. The molecule has 1 N–H and O–H groups in total. The number of hydrogen-bond acceptors (Lipinski definition) is 5. The highest BCUT2D eigenvalue weighted by Gasteiger charge is 2.48. The van der Waals surface area contributed by atoms with Crippen LogP contribution in [0, 0.1) is 11.8 Å². The van der Waals surface area contributed by atoms with Crippen LogP contribution in [0.3, 0.4) is 0 Å². The summed E-state index contributed by atoms with van der Waals surface area (Å²) in [7, 11) is 0. The van der Waals surface area contributed by atoms with Gasteiger partial charge in [0.25, 0.3) is 0 Å². The third-order valence-corrected chi connectivity index (χ3v) is 4.64. The average molecular weight is 272 g/mol. The van der Waals surface area contributed by atoms with E-state index in [1.165, 1.54) is 12.0 Å². The Morgan fingerprint density at radius 1 is 1.05 bits per heavy atom. The Hall–Kier alpha value is -1.98. The number of nitrogens with zero attached hydrogens (tertiary/aromatic N) is 3. The van der Waals surface area contributed by atoms with E-state index in [1.807, 2.05) is 0 Å². The molecule has 0 radical (unpaired) electrons. The number of carbonyl (C=O) groups is 2. The Morgan fingerprint density at radius 3 is 2.50 bits per heavy atom. The first-order chi connectivity index (χ1) is 9.74. The van der Waals surface area contributed by atoms with Crippen LogP contribution in [0.5, 0.6) is 0 Å². The highest BCUT2D eigenvalue weighted by molar-refractivity contribution is 6.06. The van der Waals surface area contributed by atoms with Crippen LogP contribution in [0.1, 0.15) is 24.1 Å². The molecule has 2 unspecified atom stereocenters. The fourth-order valence-electron chi connectivity index (χ4n) is 3.59. The summed E-state index contributed by atoms with van der Waals surface area (Å²) in [5, 5.41) is 2.42. The number of aryl methyl sites for hydroxylation is 1. The number of rotatable bonds is 1. The molecule has 2 saturated heterocycles. The smallest absolute Gasteiger partial charge is 0.232 e. The van der Waals surface area contributed by atoms with Crippen LogP contribution in [-0.2, 0) is 22.4 Å². The first-order valence-corrected chi connectivity index (χ1v) is 7.16. The van der Waals surface area contributed by atoms with Crippen molar-refractivity contribution in [1.82, 2.24) is 15.3 Å². The summed E-state index contributed by atoms with van der Waals surface area (Å²) in [4.78, 5) is 34.4. The second-order valence-corrected chi connectivity index (χ2v) is 5.80. The van der Waals surface area contributed by atoms with Crippen molar-refractivity contribution >= 4 is 17.6 Å². The van der Waals surface area contributed by atoms with Gasteiger partial charge < -0.3 is 4.90 Å². The molecule has 0 saturated carbocycles. The largest absolute Gasteiger partial charge is 0.355 e. The van der Waals surface area contributed by atoms with Gasteiger partial charge in [-0.15, -0.1) is 0 Å². The molecule has 0 spiro atoms. The zero-order chi connectivity index (χ0) is 13.7. The van der Waals surface area contributed by atoms with E-state index in [1.54, 1.807) is 6.33 Å². The van der Waals surface area contributed by atoms with Gasteiger partial charge >= 0.3 is 0 Å². The van der Waals surface area contributed by atoms with Crippen LogP contribution in [-0.4, -0.2) is 34.9 Å². The predicted molar refractivity (Wildman–Crippen MR) is 71.0 cm³/mol. The van der Waals surface area contributed by atoms with Gasteiger partial charge in [-0.25, -0.2) is 9.97 Å². The Bertz CT molecular complexity index is 579. The molecule has 104 valence electrons. The van der Waals surface area contributed by atoms with Gasteiger partial charge in [-0.05, 0) is 25.7 Å². The molecule has 2 amide bonds. The molecular formula is C14H16N4O2. The number of imide groups is 1. The van der Waals surface area contributed by atoms with Crippen molar-refractivity contribution in [2.75, 3.05) is 18.0 Å². The maximum Gasteiger partial charge on any atom is 0.232 e. The number of aromatic nitrogens is 2. The van der Waals surface area contributed by atoms with Crippen LogP contribution in [0.25, 0.3) is 0 Å². The molecule has 0 aromatic carbocycles. The van der Waals surface area contributed by atoms with E-state index in [9.17, 15) is 9.59 Å². The van der Waals surface area contributed by atoms with Crippen molar-refractivity contribution in [3.8, 4) is 0 Å². The van der Waals surface area contributed by atoms with Crippen LogP contribution in [0.4, 0.5) is 5.82 Å². The normalized spacial score (nSPS) is 28.3.